The molecule has 0 unspecified atom stereocenters. The van der Waals surface area contributed by atoms with Crippen molar-refractivity contribution in [2.24, 2.45) is 0 Å². The van der Waals surface area contributed by atoms with Crippen LogP contribution in [0.15, 0.2) is 12.3 Å². The molecule has 0 radical (unpaired) electrons. The van der Waals surface area contributed by atoms with E-state index < -0.39 is 6.01 Å². The van der Waals surface area contributed by atoms with Gasteiger partial charge in [-0.3, -0.25) is 4.98 Å². The highest BCUT2D eigenvalue weighted by molar-refractivity contribution is 5.09. The number of aromatic nitrogens is 2. The summed E-state index contributed by atoms with van der Waals surface area (Å²) in [6.45, 7) is 2.34. The number of nitrogens with zero attached hydrogens (tertiary/aromatic N) is 2. The van der Waals surface area contributed by atoms with Crippen LogP contribution in [0.4, 0.5) is 0 Å². The average Bonchev–Trinajstić information content (AvgIpc) is 1.88. The van der Waals surface area contributed by atoms with Crippen LogP contribution in [0.1, 0.15) is 6.92 Å². The summed E-state index contributed by atoms with van der Waals surface area (Å²) in [5.41, 5.74) is 0. The predicted octanol–water partition coefficient (Wildman–Crippen LogP) is -0.0511. The molecular formula is C6H7N2O2-. The number of rotatable bonds is 2. The lowest BCUT2D eigenvalue weighted by molar-refractivity contribution is -0.282. The third-order valence-electron chi connectivity index (χ3n) is 0.900. The summed E-state index contributed by atoms with van der Waals surface area (Å²) in [6.07, 6.45) is 1.38. The lowest BCUT2D eigenvalue weighted by atomic mass is 10.6. The second kappa shape index (κ2) is 3.00. The smallest absolute Gasteiger partial charge is 0.215 e. The molecule has 0 N–H and O–H groups in total. The van der Waals surface area contributed by atoms with Crippen molar-refractivity contribution in [1.29, 1.82) is 0 Å². The molecule has 0 aliphatic carbocycles. The first kappa shape index (κ1) is 6.80. The molecule has 0 aliphatic heterocycles. The van der Waals surface area contributed by atoms with Crippen molar-refractivity contribution in [3.63, 3.8) is 0 Å². The van der Waals surface area contributed by atoms with Crippen LogP contribution < -0.4 is 9.84 Å². The van der Waals surface area contributed by atoms with Crippen molar-refractivity contribution in [1.82, 2.24) is 9.97 Å². The van der Waals surface area contributed by atoms with E-state index in [1.165, 1.54) is 6.20 Å². The van der Waals surface area contributed by atoms with Crippen molar-refractivity contribution < 1.29 is 9.84 Å². The van der Waals surface area contributed by atoms with Crippen molar-refractivity contribution in [3.8, 4) is 11.9 Å². The van der Waals surface area contributed by atoms with E-state index in [0.29, 0.717) is 12.5 Å². The fourth-order valence-corrected chi connectivity index (χ4v) is 0.553. The molecule has 0 saturated heterocycles. The van der Waals surface area contributed by atoms with E-state index in [1.807, 2.05) is 6.92 Å². The van der Waals surface area contributed by atoms with Crippen LogP contribution in [-0.2, 0) is 0 Å². The largest absolute Gasteiger partial charge is 0.844 e. The fourth-order valence-electron chi connectivity index (χ4n) is 0.553. The molecule has 0 aromatic carbocycles. The van der Waals surface area contributed by atoms with Crippen LogP contribution in [0.2, 0.25) is 0 Å². The molecule has 4 nitrogen and oxygen atoms in total. The Bertz CT molecular complexity index is 215. The number of hydrogen-bond donors (Lipinski definition) is 0. The lowest BCUT2D eigenvalue weighted by Crippen LogP contribution is -2.00. The quantitative estimate of drug-likeness (QED) is 0.576. The van der Waals surface area contributed by atoms with E-state index in [2.05, 4.69) is 9.97 Å². The van der Waals surface area contributed by atoms with Gasteiger partial charge < -0.3 is 9.84 Å². The van der Waals surface area contributed by atoms with Gasteiger partial charge in [0.05, 0.1) is 12.6 Å². The molecule has 1 rings (SSSR count). The predicted molar refractivity (Wildman–Crippen MR) is 32.6 cm³/mol. The van der Waals surface area contributed by atoms with Crippen LogP contribution in [0.3, 0.4) is 0 Å². The van der Waals surface area contributed by atoms with Crippen LogP contribution in [0.25, 0.3) is 0 Å². The molecule has 0 atom stereocenters. The van der Waals surface area contributed by atoms with E-state index >= 15 is 0 Å². The van der Waals surface area contributed by atoms with Gasteiger partial charge in [0.2, 0.25) is 5.88 Å². The average molecular weight is 139 g/mol. The maximum atomic E-state index is 10.5. The first-order valence-electron chi connectivity index (χ1n) is 2.96. The van der Waals surface area contributed by atoms with Crippen LogP contribution in [0, 0.1) is 0 Å². The maximum absolute atomic E-state index is 10.5. The van der Waals surface area contributed by atoms with Gasteiger partial charge in [-0.25, -0.2) is 4.98 Å². The number of ether oxygens (including phenoxy) is 1. The van der Waals surface area contributed by atoms with Gasteiger partial charge in [0.15, 0.2) is 0 Å². The van der Waals surface area contributed by atoms with Crippen LogP contribution >= 0.6 is 0 Å². The summed E-state index contributed by atoms with van der Waals surface area (Å²) in [6, 6.07) is 1.04. The standard InChI is InChI=1S/C6H8N2O2/c1-2-10-5-3-4-7-6(9)8-5/h3-4H,2H2,1H3,(H,7,8,9)/p-1. The monoisotopic (exact) mass is 139 g/mol. The molecule has 0 amide bonds. The third kappa shape index (κ3) is 1.58. The Kier molecular flexibility index (Phi) is 2.04. The van der Waals surface area contributed by atoms with E-state index in [0.717, 1.165) is 0 Å². The SMILES string of the molecule is CCOc1ccnc([O-])n1. The summed E-state index contributed by atoms with van der Waals surface area (Å²) in [5, 5.41) is 10.5. The fraction of sp³-hybridized carbons (Fsp3) is 0.333. The van der Waals surface area contributed by atoms with Crippen LogP contribution in [0.5, 0.6) is 11.9 Å². The van der Waals surface area contributed by atoms with E-state index in [-0.39, 0.29) is 0 Å². The van der Waals surface area contributed by atoms with Gasteiger partial charge in [-0.15, -0.1) is 0 Å². The van der Waals surface area contributed by atoms with Gasteiger partial charge in [-0.1, -0.05) is 0 Å². The minimum absolute atomic E-state index is 0.336. The summed E-state index contributed by atoms with van der Waals surface area (Å²) in [5.74, 6) is 0.336. The van der Waals surface area contributed by atoms with Gasteiger partial charge in [-0.05, 0) is 6.92 Å². The Labute approximate surface area is 58.5 Å². The van der Waals surface area contributed by atoms with Crippen molar-refractivity contribution in [2.75, 3.05) is 6.61 Å². The molecule has 4 heteroatoms. The van der Waals surface area contributed by atoms with Gasteiger partial charge in [0.25, 0.3) is 0 Å². The normalized spacial score (nSPS) is 9.30. The lowest BCUT2D eigenvalue weighted by Gasteiger charge is -2.04. The molecule has 1 heterocycles. The van der Waals surface area contributed by atoms with Crippen molar-refractivity contribution in [2.45, 2.75) is 6.92 Å². The minimum Gasteiger partial charge on any atom is -0.844 e. The van der Waals surface area contributed by atoms with Crippen LogP contribution in [-0.4, -0.2) is 16.6 Å². The zero-order chi connectivity index (χ0) is 7.40. The van der Waals surface area contributed by atoms with E-state index in [9.17, 15) is 5.11 Å². The summed E-state index contributed by atoms with van der Waals surface area (Å²) in [7, 11) is 0. The van der Waals surface area contributed by atoms with Gasteiger partial charge >= 0.3 is 0 Å². The highest BCUT2D eigenvalue weighted by Gasteiger charge is 1.89. The van der Waals surface area contributed by atoms with Gasteiger partial charge in [0.1, 0.15) is 0 Å². The Morgan fingerprint density at radius 3 is 3.10 bits per heavy atom. The highest BCUT2D eigenvalue weighted by atomic mass is 16.5. The minimum atomic E-state index is -0.508. The Hall–Kier alpha value is -1.32. The number of hydrogen-bond acceptors (Lipinski definition) is 4. The van der Waals surface area contributed by atoms with Crippen molar-refractivity contribution in [3.05, 3.63) is 12.3 Å². The zero-order valence-corrected chi connectivity index (χ0v) is 5.57. The van der Waals surface area contributed by atoms with Gasteiger partial charge in [0, 0.05) is 12.3 Å². The molecule has 0 aliphatic rings. The first-order chi connectivity index (χ1) is 4.83. The topological polar surface area (TPSA) is 58.1 Å². The Morgan fingerprint density at radius 1 is 1.70 bits per heavy atom. The molecule has 0 bridgehead atoms. The zero-order valence-electron chi connectivity index (χ0n) is 5.57. The molecule has 1 aromatic heterocycles. The Balaban J connectivity index is 2.75. The molecule has 0 spiro atoms. The molecule has 1 aromatic rings. The second-order valence-corrected chi connectivity index (χ2v) is 1.61. The molecule has 54 valence electrons. The first-order valence-corrected chi connectivity index (χ1v) is 2.96. The molecule has 0 saturated carbocycles. The maximum Gasteiger partial charge on any atom is 0.215 e. The van der Waals surface area contributed by atoms with Gasteiger partial charge in [-0.2, -0.15) is 0 Å². The Morgan fingerprint density at radius 2 is 2.50 bits per heavy atom. The molecular weight excluding hydrogens is 132 g/mol. The summed E-state index contributed by atoms with van der Waals surface area (Å²) >= 11 is 0. The molecule has 0 fully saturated rings. The highest BCUT2D eigenvalue weighted by Crippen LogP contribution is 2.05. The second-order valence-electron chi connectivity index (χ2n) is 1.61. The summed E-state index contributed by atoms with van der Waals surface area (Å²) in [4.78, 5) is 6.85. The van der Waals surface area contributed by atoms with E-state index in [4.69, 9.17) is 4.74 Å². The third-order valence-corrected chi connectivity index (χ3v) is 0.900. The van der Waals surface area contributed by atoms with Crippen molar-refractivity contribution >= 4 is 0 Å². The molecule has 10 heavy (non-hydrogen) atoms. The van der Waals surface area contributed by atoms with E-state index in [1.54, 1.807) is 6.07 Å². The summed E-state index contributed by atoms with van der Waals surface area (Å²) < 4.78 is 4.94.